The number of carbonyl (C=O) groups is 3. The van der Waals surface area contributed by atoms with E-state index in [1.165, 1.54) is 11.8 Å². The molecular formula is C35H43N7O3. The number of benzene rings is 2. The van der Waals surface area contributed by atoms with Crippen molar-refractivity contribution in [3.8, 4) is 0 Å². The van der Waals surface area contributed by atoms with E-state index in [2.05, 4.69) is 38.6 Å². The highest BCUT2D eigenvalue weighted by Gasteiger charge is 2.24. The van der Waals surface area contributed by atoms with Gasteiger partial charge in [0.25, 0.3) is 5.91 Å². The number of rotatable bonds is 12. The van der Waals surface area contributed by atoms with Crippen LogP contribution in [0.3, 0.4) is 0 Å². The molecule has 5 N–H and O–H groups in total. The molecule has 1 unspecified atom stereocenters. The topological polar surface area (TPSA) is 141 Å². The van der Waals surface area contributed by atoms with E-state index >= 15 is 0 Å². The standard InChI is InChI=1S/C35H43N7O3/c1-5-15-42(16-6-2)35(45)28-17-26-11-12-27(18-31(26)41-32(36)19-28)33(43)39-24(4)22-37-20-23(3)21-38-34(44)30-14-13-25-9-7-8-10-29(25)40-30/h7-12,17-18,20,22,30,40H,3,5-6,13-16,19,21H2,1-2,4H3,(H2,36,41)(H,38,44)(H,39,43)/b24-22+,37-20-. The number of amidine groups is 1. The van der Waals surface area contributed by atoms with Gasteiger partial charge in [-0.2, -0.15) is 0 Å². The molecule has 2 aliphatic heterocycles. The Morgan fingerprint density at radius 1 is 1.16 bits per heavy atom. The lowest BCUT2D eigenvalue weighted by atomic mass is 9.98. The molecule has 0 radical (unpaired) electrons. The van der Waals surface area contributed by atoms with Gasteiger partial charge in [-0.3, -0.25) is 19.4 Å². The molecule has 2 heterocycles. The largest absolute Gasteiger partial charge is 0.387 e. The summed E-state index contributed by atoms with van der Waals surface area (Å²) in [6, 6.07) is 12.8. The van der Waals surface area contributed by atoms with Crippen LogP contribution in [0.15, 0.2) is 82.1 Å². The van der Waals surface area contributed by atoms with E-state index in [1.807, 2.05) is 43.0 Å². The number of hydrogen-bond donors (Lipinski definition) is 4. The van der Waals surface area contributed by atoms with Gasteiger partial charge in [0.15, 0.2) is 0 Å². The summed E-state index contributed by atoms with van der Waals surface area (Å²) < 4.78 is 0. The van der Waals surface area contributed by atoms with Crippen molar-refractivity contribution in [2.75, 3.05) is 25.0 Å². The molecule has 2 aliphatic rings. The molecule has 45 heavy (non-hydrogen) atoms. The van der Waals surface area contributed by atoms with Crippen molar-refractivity contribution in [3.05, 3.63) is 88.8 Å². The zero-order valence-electron chi connectivity index (χ0n) is 26.4. The van der Waals surface area contributed by atoms with Crippen molar-refractivity contribution in [2.24, 2.45) is 15.7 Å². The quantitative estimate of drug-likeness (QED) is 0.254. The van der Waals surface area contributed by atoms with Crippen molar-refractivity contribution >= 4 is 47.2 Å². The Kier molecular flexibility index (Phi) is 11.4. The number of amides is 3. The molecule has 0 bridgehead atoms. The molecule has 1 atom stereocenters. The number of nitrogens with zero attached hydrogens (tertiary/aromatic N) is 3. The highest BCUT2D eigenvalue weighted by atomic mass is 16.2. The predicted molar refractivity (Wildman–Crippen MR) is 182 cm³/mol. The van der Waals surface area contributed by atoms with Crippen molar-refractivity contribution in [2.45, 2.75) is 58.9 Å². The maximum atomic E-state index is 13.2. The summed E-state index contributed by atoms with van der Waals surface area (Å²) in [5.41, 5.74) is 11.8. The minimum Gasteiger partial charge on any atom is -0.387 e. The second kappa shape index (κ2) is 15.7. The lowest BCUT2D eigenvalue weighted by Crippen LogP contribution is -2.42. The molecule has 10 heteroatoms. The number of nitrogens with one attached hydrogen (secondary N) is 3. The Hall–Kier alpha value is -4.99. The summed E-state index contributed by atoms with van der Waals surface area (Å²) in [6.07, 6.45) is 8.46. The summed E-state index contributed by atoms with van der Waals surface area (Å²) in [5.74, 6) is -0.130. The predicted octanol–water partition coefficient (Wildman–Crippen LogP) is 4.87. The fourth-order valence-electron chi connectivity index (χ4n) is 5.27. The molecular weight excluding hydrogens is 566 g/mol. The Bertz CT molecular complexity index is 1560. The molecule has 10 nitrogen and oxygen atoms in total. The number of fused-ring (bicyclic) bond motifs is 2. The zero-order valence-corrected chi connectivity index (χ0v) is 26.4. The van der Waals surface area contributed by atoms with Crippen LogP contribution in [0.25, 0.3) is 6.08 Å². The van der Waals surface area contributed by atoms with Crippen LogP contribution in [-0.4, -0.2) is 60.3 Å². The van der Waals surface area contributed by atoms with Gasteiger partial charge in [-0.1, -0.05) is 44.7 Å². The van der Waals surface area contributed by atoms with E-state index in [4.69, 9.17) is 5.73 Å². The van der Waals surface area contributed by atoms with Crippen LogP contribution in [0.2, 0.25) is 0 Å². The third-order valence-corrected chi connectivity index (χ3v) is 7.50. The van der Waals surface area contributed by atoms with Gasteiger partial charge in [0.2, 0.25) is 11.8 Å². The van der Waals surface area contributed by atoms with Crippen LogP contribution in [0.4, 0.5) is 11.4 Å². The van der Waals surface area contributed by atoms with Crippen molar-refractivity contribution in [1.29, 1.82) is 0 Å². The summed E-state index contributed by atoms with van der Waals surface area (Å²) in [7, 11) is 0. The number of anilines is 1. The van der Waals surface area contributed by atoms with Crippen molar-refractivity contribution < 1.29 is 14.4 Å². The Balaban J connectivity index is 1.31. The molecule has 0 aliphatic carbocycles. The Morgan fingerprint density at radius 2 is 1.91 bits per heavy atom. The molecule has 0 saturated carbocycles. The van der Waals surface area contributed by atoms with E-state index in [0.717, 1.165) is 36.9 Å². The molecule has 0 fully saturated rings. The highest BCUT2D eigenvalue weighted by Crippen LogP contribution is 2.29. The first-order chi connectivity index (χ1) is 21.7. The summed E-state index contributed by atoms with van der Waals surface area (Å²) in [5, 5.41) is 9.02. The number of hydrogen-bond acceptors (Lipinski definition) is 7. The van der Waals surface area contributed by atoms with Gasteiger partial charge in [-0.25, -0.2) is 4.99 Å². The average Bonchev–Trinajstić information content (AvgIpc) is 3.20. The van der Waals surface area contributed by atoms with Crippen LogP contribution in [0.1, 0.15) is 67.9 Å². The highest BCUT2D eigenvalue weighted by molar-refractivity contribution is 6.06. The lowest BCUT2D eigenvalue weighted by molar-refractivity contribution is -0.127. The summed E-state index contributed by atoms with van der Waals surface area (Å²) in [6.45, 7) is 11.4. The first-order valence-corrected chi connectivity index (χ1v) is 15.5. The number of carbonyl (C=O) groups excluding carboxylic acids is 3. The van der Waals surface area contributed by atoms with E-state index in [0.29, 0.717) is 47.0 Å². The van der Waals surface area contributed by atoms with Gasteiger partial charge in [0.1, 0.15) is 11.9 Å². The van der Waals surface area contributed by atoms with Gasteiger partial charge >= 0.3 is 0 Å². The maximum Gasteiger partial charge on any atom is 0.255 e. The van der Waals surface area contributed by atoms with Crippen molar-refractivity contribution in [3.63, 3.8) is 0 Å². The first-order valence-electron chi connectivity index (χ1n) is 15.5. The smallest absolute Gasteiger partial charge is 0.255 e. The molecule has 2 aromatic rings. The molecule has 3 amide bonds. The minimum atomic E-state index is -0.329. The Morgan fingerprint density at radius 3 is 2.67 bits per heavy atom. The third kappa shape index (κ3) is 9.01. The maximum absolute atomic E-state index is 13.2. The monoisotopic (exact) mass is 609 g/mol. The van der Waals surface area contributed by atoms with E-state index in [-0.39, 0.29) is 36.7 Å². The SMILES string of the molecule is C=C(/C=N\C=C(/C)NC(=O)c1ccc2c(c1)N=C(N)CC(C(=O)N(CCC)CCC)=C2)CNC(=O)C1CCc2ccccc2N1. The summed E-state index contributed by atoms with van der Waals surface area (Å²) in [4.78, 5) is 49.4. The van der Waals surface area contributed by atoms with Gasteiger partial charge in [-0.05, 0) is 68.0 Å². The van der Waals surface area contributed by atoms with Crippen LogP contribution in [0.5, 0.6) is 0 Å². The van der Waals surface area contributed by atoms with Gasteiger partial charge in [-0.15, -0.1) is 0 Å². The van der Waals surface area contributed by atoms with Gasteiger partial charge < -0.3 is 26.6 Å². The van der Waals surface area contributed by atoms with E-state index in [1.54, 1.807) is 31.3 Å². The first kappa shape index (κ1) is 32.9. The van der Waals surface area contributed by atoms with Crippen LogP contribution in [-0.2, 0) is 16.0 Å². The third-order valence-electron chi connectivity index (χ3n) is 7.50. The molecule has 2 aromatic carbocycles. The molecule has 4 rings (SSSR count). The zero-order chi connectivity index (χ0) is 32.3. The normalized spacial score (nSPS) is 15.9. The second-order valence-corrected chi connectivity index (χ2v) is 11.3. The van der Waals surface area contributed by atoms with E-state index < -0.39 is 0 Å². The van der Waals surface area contributed by atoms with E-state index in [9.17, 15) is 14.4 Å². The molecule has 0 saturated heterocycles. The van der Waals surface area contributed by atoms with Gasteiger partial charge in [0, 0.05) is 66.6 Å². The number of para-hydroxylation sites is 1. The summed E-state index contributed by atoms with van der Waals surface area (Å²) >= 11 is 0. The van der Waals surface area contributed by atoms with Crippen LogP contribution >= 0.6 is 0 Å². The number of aryl methyl sites for hydroxylation is 1. The second-order valence-electron chi connectivity index (χ2n) is 11.3. The molecule has 0 spiro atoms. The van der Waals surface area contributed by atoms with Gasteiger partial charge in [0.05, 0.1) is 5.69 Å². The van der Waals surface area contributed by atoms with Crippen molar-refractivity contribution in [1.82, 2.24) is 15.5 Å². The number of nitrogens with two attached hydrogens (primary N) is 1. The molecule has 236 valence electrons. The molecule has 0 aromatic heterocycles. The van der Waals surface area contributed by atoms with Crippen LogP contribution in [0, 0.1) is 0 Å². The fraction of sp³-hybridized carbons (Fsp3) is 0.343. The lowest BCUT2D eigenvalue weighted by Gasteiger charge is -2.26. The fourth-order valence-corrected chi connectivity index (χ4v) is 5.27. The number of allylic oxidation sites excluding steroid dienone is 1. The Labute approximate surface area is 265 Å². The number of aliphatic imine (C=N–C) groups is 2. The van der Waals surface area contributed by atoms with Crippen LogP contribution < -0.4 is 21.7 Å². The average molecular weight is 610 g/mol. The minimum absolute atomic E-state index is 0.0368.